The van der Waals surface area contributed by atoms with Gasteiger partial charge in [0, 0.05) is 18.5 Å². The van der Waals surface area contributed by atoms with Gasteiger partial charge in [0.2, 0.25) is 0 Å². The van der Waals surface area contributed by atoms with E-state index < -0.39 is 50.4 Å². The van der Waals surface area contributed by atoms with Crippen molar-refractivity contribution in [3.8, 4) is 5.69 Å². The Labute approximate surface area is 193 Å². The number of aromatic nitrogens is 4. The van der Waals surface area contributed by atoms with Crippen LogP contribution in [0, 0.1) is 5.82 Å². The number of hydrogen-bond acceptors (Lipinski definition) is 5. The largest absolute Gasteiger partial charge is 0.431 e. The van der Waals surface area contributed by atoms with Crippen LogP contribution in [0.2, 0.25) is 5.15 Å². The van der Waals surface area contributed by atoms with Gasteiger partial charge < -0.3 is 0 Å². The summed E-state index contributed by atoms with van der Waals surface area (Å²) in [4.78, 5) is 25.0. The lowest BCUT2D eigenvalue weighted by atomic mass is 10.2. The SMILES string of the molecule is Cn1c(C(F)(F)F)cc(=O)n(-c2cc3c(cc2F)c(Cl)nn3S(=O)(=O)Cc2ccccc2)c1=O. The van der Waals surface area contributed by atoms with Gasteiger partial charge in [-0.2, -0.15) is 17.3 Å². The van der Waals surface area contributed by atoms with Crippen molar-refractivity contribution in [1.82, 2.24) is 18.3 Å². The number of benzene rings is 2. The summed E-state index contributed by atoms with van der Waals surface area (Å²) in [6.07, 6.45) is -5.01. The Kier molecular flexibility index (Phi) is 5.64. The molecular formula is C20H13ClF4N4O4S. The number of halogens is 5. The molecule has 178 valence electrons. The lowest BCUT2D eigenvalue weighted by Crippen LogP contribution is -2.41. The van der Waals surface area contributed by atoms with Crippen LogP contribution in [0.25, 0.3) is 16.6 Å². The summed E-state index contributed by atoms with van der Waals surface area (Å²) in [7, 11) is -3.44. The van der Waals surface area contributed by atoms with Crippen LogP contribution >= 0.6 is 11.6 Å². The third kappa shape index (κ3) is 4.01. The summed E-state index contributed by atoms with van der Waals surface area (Å²) in [5.74, 6) is -1.70. The van der Waals surface area contributed by atoms with E-state index in [2.05, 4.69) is 5.10 Å². The Hall–Kier alpha value is -3.45. The van der Waals surface area contributed by atoms with Crippen molar-refractivity contribution in [2.45, 2.75) is 11.9 Å². The molecule has 34 heavy (non-hydrogen) atoms. The van der Waals surface area contributed by atoms with E-state index in [0.29, 0.717) is 9.65 Å². The van der Waals surface area contributed by atoms with Crippen molar-refractivity contribution in [1.29, 1.82) is 0 Å². The lowest BCUT2D eigenvalue weighted by Gasteiger charge is -2.14. The quantitative estimate of drug-likeness (QED) is 0.388. The smallest absolute Gasteiger partial charge is 0.292 e. The van der Waals surface area contributed by atoms with Gasteiger partial charge in [-0.1, -0.05) is 41.9 Å². The Bertz CT molecular complexity index is 1660. The molecule has 0 aliphatic rings. The second-order valence-corrected chi connectivity index (χ2v) is 9.40. The second-order valence-electron chi connectivity index (χ2n) is 7.24. The molecule has 14 heteroatoms. The minimum Gasteiger partial charge on any atom is -0.292 e. The van der Waals surface area contributed by atoms with Gasteiger partial charge in [-0.15, -0.1) is 5.10 Å². The molecule has 4 rings (SSSR count). The molecule has 0 atom stereocenters. The van der Waals surface area contributed by atoms with Gasteiger partial charge in [0.15, 0.2) is 5.15 Å². The molecule has 0 spiro atoms. The van der Waals surface area contributed by atoms with E-state index in [4.69, 9.17) is 11.6 Å². The first-order valence-corrected chi connectivity index (χ1v) is 11.4. The first-order valence-electron chi connectivity index (χ1n) is 9.37. The normalized spacial score (nSPS) is 12.4. The second kappa shape index (κ2) is 8.09. The van der Waals surface area contributed by atoms with Crippen molar-refractivity contribution in [3.05, 3.63) is 91.6 Å². The van der Waals surface area contributed by atoms with Gasteiger partial charge in [0.05, 0.1) is 17.0 Å². The molecule has 0 bridgehead atoms. The average molecular weight is 517 g/mol. The van der Waals surface area contributed by atoms with Crippen LogP contribution in [0.1, 0.15) is 11.3 Å². The molecule has 0 aliphatic carbocycles. The first-order chi connectivity index (χ1) is 15.8. The molecule has 0 aliphatic heterocycles. The third-order valence-electron chi connectivity index (χ3n) is 4.98. The van der Waals surface area contributed by atoms with Crippen LogP contribution in [0.3, 0.4) is 0 Å². The number of fused-ring (bicyclic) bond motifs is 1. The predicted molar refractivity (Wildman–Crippen MR) is 115 cm³/mol. The van der Waals surface area contributed by atoms with Gasteiger partial charge in [-0.3, -0.25) is 9.36 Å². The van der Waals surface area contributed by atoms with Gasteiger partial charge in [0.1, 0.15) is 11.5 Å². The van der Waals surface area contributed by atoms with Gasteiger partial charge in [-0.05, 0) is 17.7 Å². The summed E-state index contributed by atoms with van der Waals surface area (Å²) >= 11 is 5.99. The van der Waals surface area contributed by atoms with Crippen LogP contribution in [0.15, 0.2) is 58.1 Å². The zero-order valence-corrected chi connectivity index (χ0v) is 18.6. The fraction of sp³-hybridized carbons (Fsp3) is 0.150. The molecule has 4 aromatic rings. The van der Waals surface area contributed by atoms with Crippen LogP contribution < -0.4 is 11.2 Å². The summed E-state index contributed by atoms with van der Waals surface area (Å²) in [5, 5.41) is 3.24. The fourth-order valence-electron chi connectivity index (χ4n) is 3.41. The Balaban J connectivity index is 1.96. The minimum atomic E-state index is -5.01. The van der Waals surface area contributed by atoms with E-state index in [1.54, 1.807) is 30.3 Å². The molecule has 2 heterocycles. The van der Waals surface area contributed by atoms with Gasteiger partial charge in [-0.25, -0.2) is 22.2 Å². The molecule has 0 N–H and O–H groups in total. The number of rotatable bonds is 4. The highest BCUT2D eigenvalue weighted by atomic mass is 35.5. The van der Waals surface area contributed by atoms with Crippen molar-refractivity contribution < 1.29 is 26.0 Å². The van der Waals surface area contributed by atoms with Crippen molar-refractivity contribution in [2.24, 2.45) is 7.05 Å². The van der Waals surface area contributed by atoms with E-state index in [-0.39, 0.29) is 31.3 Å². The zero-order valence-electron chi connectivity index (χ0n) is 17.0. The van der Waals surface area contributed by atoms with Crippen molar-refractivity contribution in [3.63, 3.8) is 0 Å². The number of nitrogens with zero attached hydrogens (tertiary/aromatic N) is 4. The van der Waals surface area contributed by atoms with Crippen molar-refractivity contribution >= 4 is 32.5 Å². The highest BCUT2D eigenvalue weighted by molar-refractivity contribution is 7.89. The van der Waals surface area contributed by atoms with Crippen molar-refractivity contribution in [2.75, 3.05) is 0 Å². The van der Waals surface area contributed by atoms with E-state index in [1.165, 1.54) is 0 Å². The van der Waals surface area contributed by atoms with Gasteiger partial charge in [0.25, 0.3) is 15.6 Å². The fourth-order valence-corrected chi connectivity index (χ4v) is 5.08. The van der Waals surface area contributed by atoms with Crippen LogP contribution in [0.5, 0.6) is 0 Å². The highest BCUT2D eigenvalue weighted by Crippen LogP contribution is 2.30. The summed E-state index contributed by atoms with van der Waals surface area (Å²) in [6.45, 7) is 0. The van der Waals surface area contributed by atoms with Crippen LogP contribution in [-0.4, -0.2) is 26.7 Å². The minimum absolute atomic E-state index is 0.140. The molecule has 0 saturated heterocycles. The van der Waals surface area contributed by atoms with E-state index in [1.807, 2.05) is 0 Å². The Morgan fingerprint density at radius 3 is 2.32 bits per heavy atom. The van der Waals surface area contributed by atoms with Crippen LogP contribution in [0.4, 0.5) is 17.6 Å². The number of alkyl halides is 3. The molecule has 0 fully saturated rings. The average Bonchev–Trinajstić information content (AvgIpc) is 3.07. The maximum Gasteiger partial charge on any atom is 0.431 e. The third-order valence-corrected chi connectivity index (χ3v) is 6.76. The highest BCUT2D eigenvalue weighted by Gasteiger charge is 2.35. The van der Waals surface area contributed by atoms with Gasteiger partial charge >= 0.3 is 11.9 Å². The molecule has 2 aromatic heterocycles. The summed E-state index contributed by atoms with van der Waals surface area (Å²) in [5.41, 5.74) is -5.10. The van der Waals surface area contributed by atoms with E-state index >= 15 is 0 Å². The van der Waals surface area contributed by atoms with E-state index in [0.717, 1.165) is 19.2 Å². The summed E-state index contributed by atoms with van der Waals surface area (Å²) in [6, 6.07) is 9.76. The zero-order chi connectivity index (χ0) is 25.0. The molecule has 8 nitrogen and oxygen atoms in total. The molecular weight excluding hydrogens is 504 g/mol. The maximum absolute atomic E-state index is 14.9. The topological polar surface area (TPSA) is 96.0 Å². The Morgan fingerprint density at radius 2 is 1.71 bits per heavy atom. The maximum atomic E-state index is 14.9. The monoisotopic (exact) mass is 516 g/mol. The molecule has 0 radical (unpaired) electrons. The lowest BCUT2D eigenvalue weighted by molar-refractivity contribution is -0.144. The van der Waals surface area contributed by atoms with E-state index in [9.17, 15) is 35.6 Å². The molecule has 0 saturated carbocycles. The molecule has 0 unspecified atom stereocenters. The van der Waals surface area contributed by atoms with Crippen LogP contribution in [-0.2, 0) is 29.0 Å². The standard InChI is InChI=1S/C20H13ClF4N4O4S/c1-27-16(20(23,24)25)9-17(30)28(19(27)31)15-8-14-12(7-13(15)22)18(21)26-29(14)34(32,33)10-11-5-3-2-4-6-11/h2-9H,10H2,1H3. The Morgan fingerprint density at radius 1 is 1.06 bits per heavy atom. The molecule has 0 amide bonds. The molecule has 2 aromatic carbocycles. The first kappa shape index (κ1) is 23.7. The summed E-state index contributed by atoms with van der Waals surface area (Å²) < 4.78 is 81.1. The number of hydrogen-bond donors (Lipinski definition) is 0. The predicted octanol–water partition coefficient (Wildman–Crippen LogP) is 3.08.